The third-order valence-electron chi connectivity index (χ3n) is 3.98. The summed E-state index contributed by atoms with van der Waals surface area (Å²) in [5.41, 5.74) is 0.958. The Bertz CT molecular complexity index is 750. The minimum atomic E-state index is -0.499. The molecule has 2 aromatic rings. The molecule has 1 atom stereocenters. The van der Waals surface area contributed by atoms with E-state index < -0.39 is 4.92 Å². The molecule has 0 aliphatic carbocycles. The maximum atomic E-state index is 12.4. The standard InChI is InChI=1S/C18H18N2O5/c21-18(13-25-16-8-4-7-15(11-16)20(22)23)19-9-10-24-17(12-19)14-5-2-1-3-6-14/h1-8,11,17H,9-10,12-13H2/t17-/m1/s1. The molecule has 0 radical (unpaired) electrons. The number of hydrogen-bond donors (Lipinski definition) is 0. The van der Waals surface area contributed by atoms with E-state index in [1.807, 2.05) is 30.3 Å². The van der Waals surface area contributed by atoms with E-state index in [-0.39, 0.29) is 24.3 Å². The highest BCUT2D eigenvalue weighted by molar-refractivity contribution is 5.78. The maximum Gasteiger partial charge on any atom is 0.273 e. The van der Waals surface area contributed by atoms with Crippen LogP contribution in [0.25, 0.3) is 0 Å². The van der Waals surface area contributed by atoms with Crippen LogP contribution in [0, 0.1) is 10.1 Å². The number of nitrogens with zero attached hydrogens (tertiary/aromatic N) is 2. The lowest BCUT2D eigenvalue weighted by Crippen LogP contribution is -2.44. The number of carbonyl (C=O) groups excluding carboxylic acids is 1. The number of benzene rings is 2. The van der Waals surface area contributed by atoms with Gasteiger partial charge in [-0.1, -0.05) is 36.4 Å². The van der Waals surface area contributed by atoms with Crippen molar-refractivity contribution in [2.24, 2.45) is 0 Å². The molecular weight excluding hydrogens is 324 g/mol. The molecule has 1 aliphatic heterocycles. The van der Waals surface area contributed by atoms with Crippen molar-refractivity contribution in [3.05, 3.63) is 70.3 Å². The third-order valence-corrected chi connectivity index (χ3v) is 3.98. The molecule has 2 aromatic carbocycles. The van der Waals surface area contributed by atoms with Gasteiger partial charge < -0.3 is 14.4 Å². The normalized spacial score (nSPS) is 17.1. The Balaban J connectivity index is 1.58. The Morgan fingerprint density at radius 1 is 1.24 bits per heavy atom. The first kappa shape index (κ1) is 16.9. The van der Waals surface area contributed by atoms with E-state index in [0.29, 0.717) is 25.4 Å². The first-order chi connectivity index (χ1) is 12.1. The number of non-ortho nitro benzene ring substituents is 1. The van der Waals surface area contributed by atoms with Gasteiger partial charge in [-0.15, -0.1) is 0 Å². The molecular formula is C18H18N2O5. The zero-order chi connectivity index (χ0) is 17.6. The zero-order valence-corrected chi connectivity index (χ0v) is 13.5. The third kappa shape index (κ3) is 4.33. The van der Waals surface area contributed by atoms with Crippen molar-refractivity contribution in [3.8, 4) is 5.75 Å². The molecule has 0 bridgehead atoms. The molecule has 0 saturated carbocycles. The summed E-state index contributed by atoms with van der Waals surface area (Å²) in [6.45, 7) is 1.26. The van der Waals surface area contributed by atoms with Crippen LogP contribution in [0.15, 0.2) is 54.6 Å². The lowest BCUT2D eigenvalue weighted by molar-refractivity contribution is -0.384. The van der Waals surface area contributed by atoms with Crippen LogP contribution in [0.1, 0.15) is 11.7 Å². The van der Waals surface area contributed by atoms with Gasteiger partial charge in [0, 0.05) is 12.6 Å². The van der Waals surface area contributed by atoms with Crippen LogP contribution in [0.2, 0.25) is 0 Å². The van der Waals surface area contributed by atoms with Gasteiger partial charge in [0.2, 0.25) is 0 Å². The fraction of sp³-hybridized carbons (Fsp3) is 0.278. The molecule has 0 spiro atoms. The average molecular weight is 342 g/mol. The quantitative estimate of drug-likeness (QED) is 0.616. The van der Waals surface area contributed by atoms with Gasteiger partial charge in [-0.2, -0.15) is 0 Å². The van der Waals surface area contributed by atoms with E-state index in [0.717, 1.165) is 5.56 Å². The van der Waals surface area contributed by atoms with Gasteiger partial charge >= 0.3 is 0 Å². The predicted molar refractivity (Wildman–Crippen MR) is 90.3 cm³/mol. The van der Waals surface area contributed by atoms with Gasteiger partial charge in [0.05, 0.1) is 24.1 Å². The second-order valence-electron chi connectivity index (χ2n) is 5.65. The molecule has 7 nitrogen and oxygen atoms in total. The molecule has 0 unspecified atom stereocenters. The van der Waals surface area contributed by atoms with E-state index in [1.165, 1.54) is 18.2 Å². The highest BCUT2D eigenvalue weighted by Gasteiger charge is 2.25. The topological polar surface area (TPSA) is 81.9 Å². The van der Waals surface area contributed by atoms with E-state index in [1.54, 1.807) is 11.0 Å². The highest BCUT2D eigenvalue weighted by Crippen LogP contribution is 2.22. The van der Waals surface area contributed by atoms with E-state index >= 15 is 0 Å². The molecule has 1 heterocycles. The Morgan fingerprint density at radius 3 is 2.80 bits per heavy atom. The smallest absolute Gasteiger partial charge is 0.273 e. The monoisotopic (exact) mass is 342 g/mol. The second kappa shape index (κ2) is 7.76. The molecule has 0 N–H and O–H groups in total. The van der Waals surface area contributed by atoms with Crippen LogP contribution in [-0.2, 0) is 9.53 Å². The Labute approximate surface area is 144 Å². The molecule has 1 aliphatic rings. The molecule has 130 valence electrons. The first-order valence-electron chi connectivity index (χ1n) is 7.95. The predicted octanol–water partition coefficient (Wildman–Crippen LogP) is 2.57. The van der Waals surface area contributed by atoms with E-state index in [4.69, 9.17) is 9.47 Å². The van der Waals surface area contributed by atoms with Gasteiger partial charge in [0.15, 0.2) is 6.61 Å². The number of amides is 1. The number of ether oxygens (including phenoxy) is 2. The van der Waals surface area contributed by atoms with Gasteiger partial charge in [-0.3, -0.25) is 14.9 Å². The van der Waals surface area contributed by atoms with E-state index in [9.17, 15) is 14.9 Å². The SMILES string of the molecule is O=C(COc1cccc([N+](=O)[O-])c1)N1CCO[C@@H](c2ccccc2)C1. The van der Waals surface area contributed by atoms with Gasteiger partial charge in [-0.25, -0.2) is 0 Å². The summed E-state index contributed by atoms with van der Waals surface area (Å²) >= 11 is 0. The number of rotatable bonds is 5. The average Bonchev–Trinajstić information content (AvgIpc) is 2.67. The van der Waals surface area contributed by atoms with Crippen LogP contribution in [-0.4, -0.2) is 42.0 Å². The summed E-state index contributed by atoms with van der Waals surface area (Å²) in [6.07, 6.45) is -0.156. The Morgan fingerprint density at radius 2 is 2.04 bits per heavy atom. The summed E-state index contributed by atoms with van der Waals surface area (Å²) in [5.74, 6) is 0.131. The molecule has 1 saturated heterocycles. The molecule has 25 heavy (non-hydrogen) atoms. The van der Waals surface area contributed by atoms with Crippen molar-refractivity contribution < 1.29 is 19.2 Å². The molecule has 0 aromatic heterocycles. The molecule has 1 amide bonds. The summed E-state index contributed by atoms with van der Waals surface area (Å²) < 4.78 is 11.2. The maximum absolute atomic E-state index is 12.4. The van der Waals surface area contributed by atoms with Gasteiger partial charge in [0.1, 0.15) is 11.9 Å². The zero-order valence-electron chi connectivity index (χ0n) is 13.5. The molecule has 1 fully saturated rings. The van der Waals surface area contributed by atoms with Crippen LogP contribution >= 0.6 is 0 Å². The summed E-state index contributed by atoms with van der Waals surface area (Å²) in [6, 6.07) is 15.5. The summed E-state index contributed by atoms with van der Waals surface area (Å²) in [7, 11) is 0. The molecule has 3 rings (SSSR count). The fourth-order valence-corrected chi connectivity index (χ4v) is 2.67. The first-order valence-corrected chi connectivity index (χ1v) is 7.95. The van der Waals surface area contributed by atoms with Crippen molar-refractivity contribution in [1.29, 1.82) is 0 Å². The summed E-state index contributed by atoms with van der Waals surface area (Å²) in [5, 5.41) is 10.8. The van der Waals surface area contributed by atoms with Gasteiger partial charge in [0.25, 0.3) is 11.6 Å². The minimum absolute atomic E-state index is 0.0690. The van der Waals surface area contributed by atoms with Crippen LogP contribution in [0.4, 0.5) is 5.69 Å². The van der Waals surface area contributed by atoms with Crippen molar-refractivity contribution in [2.75, 3.05) is 26.3 Å². The Kier molecular flexibility index (Phi) is 5.25. The van der Waals surface area contributed by atoms with Crippen LogP contribution in [0.3, 0.4) is 0 Å². The Hall–Kier alpha value is -2.93. The molecule has 7 heteroatoms. The fourth-order valence-electron chi connectivity index (χ4n) is 2.67. The number of nitro groups is 1. The highest BCUT2D eigenvalue weighted by atomic mass is 16.6. The van der Waals surface area contributed by atoms with E-state index in [2.05, 4.69) is 0 Å². The minimum Gasteiger partial charge on any atom is -0.484 e. The number of nitro benzene ring substituents is 1. The van der Waals surface area contributed by atoms with Crippen molar-refractivity contribution >= 4 is 11.6 Å². The second-order valence-corrected chi connectivity index (χ2v) is 5.65. The largest absolute Gasteiger partial charge is 0.484 e. The summed E-state index contributed by atoms with van der Waals surface area (Å²) in [4.78, 5) is 24.3. The lowest BCUT2D eigenvalue weighted by atomic mass is 10.1. The van der Waals surface area contributed by atoms with Crippen molar-refractivity contribution in [1.82, 2.24) is 4.90 Å². The number of hydrogen-bond acceptors (Lipinski definition) is 5. The van der Waals surface area contributed by atoms with Crippen molar-refractivity contribution in [3.63, 3.8) is 0 Å². The lowest BCUT2D eigenvalue weighted by Gasteiger charge is -2.33. The van der Waals surface area contributed by atoms with Crippen molar-refractivity contribution in [2.45, 2.75) is 6.10 Å². The van der Waals surface area contributed by atoms with Crippen LogP contribution < -0.4 is 4.74 Å². The number of morpholine rings is 1. The number of carbonyl (C=O) groups is 1. The van der Waals surface area contributed by atoms with Crippen LogP contribution in [0.5, 0.6) is 5.75 Å². The van der Waals surface area contributed by atoms with Gasteiger partial charge in [-0.05, 0) is 11.6 Å².